The first kappa shape index (κ1) is 12.4. The average molecular weight is 280 g/mol. The Bertz CT molecular complexity index is 621. The number of hydrogen-bond acceptors (Lipinski definition) is 6. The maximum atomic E-state index is 11.7. The summed E-state index contributed by atoms with van der Waals surface area (Å²) in [5.74, 6) is -0.342. The molecule has 1 aromatic rings. The van der Waals surface area contributed by atoms with Crippen molar-refractivity contribution in [3.8, 4) is 11.5 Å². The van der Waals surface area contributed by atoms with Crippen LogP contribution in [-0.2, 0) is 19.2 Å². The average Bonchev–Trinajstić information content (AvgIpc) is 2.53. The molecule has 0 saturated carbocycles. The molecule has 0 spiro atoms. The van der Waals surface area contributed by atoms with E-state index in [9.17, 15) is 13.0 Å². The van der Waals surface area contributed by atoms with Gasteiger partial charge in [0.05, 0.1) is 0 Å². The van der Waals surface area contributed by atoms with Crippen LogP contribution in [0.1, 0.15) is 5.56 Å². The second kappa shape index (κ2) is 3.71. The zero-order valence-electron chi connectivity index (χ0n) is 8.91. The number of hydrogen-bond donors (Lipinski definition) is 1. The summed E-state index contributed by atoms with van der Waals surface area (Å²) in [6, 6.07) is 2.79. The molecule has 94 valence electrons. The van der Waals surface area contributed by atoms with Crippen molar-refractivity contribution in [3.05, 3.63) is 17.7 Å². The number of phosphoric ester groups is 1. The molecule has 0 fully saturated rings. The standard InChI is InChI=1S/C8H9O7PS/c1-5-3-4-6-7(8(5)17(10,11)12)15-16(9,13-2)14-6/h3-4H,1-2H3,(H,10,11,12). The van der Waals surface area contributed by atoms with Crippen LogP contribution < -0.4 is 9.05 Å². The molecule has 0 bridgehead atoms. The second-order valence-electron chi connectivity index (χ2n) is 3.33. The fourth-order valence-corrected chi connectivity index (χ4v) is 3.34. The van der Waals surface area contributed by atoms with Gasteiger partial charge in [0.15, 0.2) is 11.5 Å². The van der Waals surface area contributed by atoms with Crippen molar-refractivity contribution < 1.29 is 31.1 Å². The number of fused-ring (bicyclic) bond motifs is 1. The van der Waals surface area contributed by atoms with Crippen LogP contribution in [0.25, 0.3) is 0 Å². The highest BCUT2D eigenvalue weighted by molar-refractivity contribution is 7.86. The van der Waals surface area contributed by atoms with Crippen molar-refractivity contribution in [1.29, 1.82) is 0 Å². The van der Waals surface area contributed by atoms with Crippen molar-refractivity contribution in [2.24, 2.45) is 0 Å². The molecule has 2 rings (SSSR count). The highest BCUT2D eigenvalue weighted by atomic mass is 32.2. The lowest BCUT2D eigenvalue weighted by atomic mass is 10.2. The van der Waals surface area contributed by atoms with E-state index in [-0.39, 0.29) is 17.1 Å². The Morgan fingerprint density at radius 3 is 2.53 bits per heavy atom. The number of benzene rings is 1. The summed E-state index contributed by atoms with van der Waals surface area (Å²) in [7, 11) is -7.22. The minimum absolute atomic E-state index is 0.0478. The van der Waals surface area contributed by atoms with Gasteiger partial charge in [-0.25, -0.2) is 4.57 Å². The van der Waals surface area contributed by atoms with Gasteiger partial charge in [-0.3, -0.25) is 9.08 Å². The molecular formula is C8H9O7PS. The third kappa shape index (κ3) is 2.04. The number of rotatable bonds is 2. The monoisotopic (exact) mass is 280 g/mol. The molecule has 1 heterocycles. The third-order valence-electron chi connectivity index (χ3n) is 2.17. The summed E-state index contributed by atoms with van der Waals surface area (Å²) in [6.45, 7) is 1.46. The summed E-state index contributed by atoms with van der Waals surface area (Å²) < 4.78 is 57.4. The van der Waals surface area contributed by atoms with E-state index in [2.05, 4.69) is 4.52 Å². The lowest BCUT2D eigenvalue weighted by Crippen LogP contribution is -2.02. The van der Waals surface area contributed by atoms with E-state index in [0.29, 0.717) is 0 Å². The van der Waals surface area contributed by atoms with Crippen molar-refractivity contribution in [2.45, 2.75) is 11.8 Å². The highest BCUT2D eigenvalue weighted by Crippen LogP contribution is 2.60. The quantitative estimate of drug-likeness (QED) is 0.650. The van der Waals surface area contributed by atoms with Gasteiger partial charge >= 0.3 is 7.82 Å². The van der Waals surface area contributed by atoms with E-state index >= 15 is 0 Å². The Hall–Kier alpha value is -1.08. The maximum Gasteiger partial charge on any atom is 0.587 e. The topological polar surface area (TPSA) is 99.1 Å². The fraction of sp³-hybridized carbons (Fsp3) is 0.250. The molecule has 1 N–H and O–H groups in total. The van der Waals surface area contributed by atoms with E-state index < -0.39 is 22.8 Å². The molecule has 1 aliphatic rings. The largest absolute Gasteiger partial charge is 0.587 e. The first-order chi connectivity index (χ1) is 7.77. The van der Waals surface area contributed by atoms with Crippen LogP contribution >= 0.6 is 7.82 Å². The van der Waals surface area contributed by atoms with E-state index in [4.69, 9.17) is 13.6 Å². The van der Waals surface area contributed by atoms with E-state index in [0.717, 1.165) is 7.11 Å². The molecule has 0 aromatic heterocycles. The van der Waals surface area contributed by atoms with Crippen LogP contribution in [-0.4, -0.2) is 20.1 Å². The molecule has 9 heteroatoms. The van der Waals surface area contributed by atoms with Crippen LogP contribution in [0.3, 0.4) is 0 Å². The van der Waals surface area contributed by atoms with Crippen LogP contribution in [0.5, 0.6) is 11.5 Å². The van der Waals surface area contributed by atoms with E-state index in [1.54, 1.807) is 0 Å². The van der Waals surface area contributed by atoms with Gasteiger partial charge in [0.1, 0.15) is 4.90 Å². The molecule has 0 amide bonds. The van der Waals surface area contributed by atoms with Crippen molar-refractivity contribution in [1.82, 2.24) is 0 Å². The minimum Gasteiger partial charge on any atom is -0.391 e. The summed E-state index contributed by atoms with van der Waals surface area (Å²) in [5, 5.41) is 0. The molecule has 1 aliphatic heterocycles. The normalized spacial score (nSPS) is 22.8. The first-order valence-electron chi connectivity index (χ1n) is 4.43. The van der Waals surface area contributed by atoms with Gasteiger partial charge in [0.2, 0.25) is 0 Å². The molecular weight excluding hydrogens is 271 g/mol. The lowest BCUT2D eigenvalue weighted by molar-refractivity contribution is 0.274. The molecule has 1 aromatic carbocycles. The molecule has 7 nitrogen and oxygen atoms in total. The SMILES string of the molecule is COP1(=O)Oc2ccc(C)c(S(=O)(=O)O)c2O1. The van der Waals surface area contributed by atoms with Gasteiger partial charge in [-0.15, -0.1) is 0 Å². The predicted octanol–water partition coefficient (Wildman–Crippen LogP) is 1.77. The van der Waals surface area contributed by atoms with Crippen LogP contribution in [0.15, 0.2) is 17.0 Å². The first-order valence-corrected chi connectivity index (χ1v) is 7.33. The number of phosphoric acid groups is 1. The van der Waals surface area contributed by atoms with Gasteiger partial charge in [0.25, 0.3) is 10.1 Å². The van der Waals surface area contributed by atoms with Gasteiger partial charge in [-0.05, 0) is 18.6 Å². The molecule has 0 aliphatic carbocycles. The lowest BCUT2D eigenvalue weighted by Gasteiger charge is -2.06. The fourth-order valence-electron chi connectivity index (χ4n) is 1.45. The van der Waals surface area contributed by atoms with E-state index in [1.807, 2.05) is 0 Å². The van der Waals surface area contributed by atoms with Crippen molar-refractivity contribution >= 4 is 17.9 Å². The Kier molecular flexibility index (Phi) is 2.70. The smallest absolute Gasteiger partial charge is 0.391 e. The molecule has 17 heavy (non-hydrogen) atoms. The van der Waals surface area contributed by atoms with Gasteiger partial charge < -0.3 is 9.05 Å². The summed E-state index contributed by atoms with van der Waals surface area (Å²) in [6.07, 6.45) is 0. The highest BCUT2D eigenvalue weighted by Gasteiger charge is 2.41. The molecule has 1 unspecified atom stereocenters. The van der Waals surface area contributed by atoms with Crippen molar-refractivity contribution in [2.75, 3.05) is 7.11 Å². The summed E-state index contributed by atoms with van der Waals surface area (Å²) in [4.78, 5) is -0.468. The summed E-state index contributed by atoms with van der Waals surface area (Å²) >= 11 is 0. The Labute approximate surface area is 97.7 Å². The Balaban J connectivity index is 2.68. The molecule has 0 radical (unpaired) electrons. The van der Waals surface area contributed by atoms with Crippen molar-refractivity contribution in [3.63, 3.8) is 0 Å². The third-order valence-corrected chi connectivity index (χ3v) is 4.46. The van der Waals surface area contributed by atoms with Gasteiger partial charge in [-0.2, -0.15) is 8.42 Å². The predicted molar refractivity (Wildman–Crippen MR) is 56.9 cm³/mol. The Morgan fingerprint density at radius 1 is 1.35 bits per heavy atom. The van der Waals surface area contributed by atoms with Gasteiger partial charge in [-0.1, -0.05) is 6.07 Å². The maximum absolute atomic E-state index is 11.7. The minimum atomic E-state index is -4.50. The Morgan fingerprint density at radius 2 is 2.00 bits per heavy atom. The zero-order chi connectivity index (χ0) is 12.8. The number of aryl methyl sites for hydroxylation is 1. The van der Waals surface area contributed by atoms with Crippen LogP contribution in [0, 0.1) is 6.92 Å². The second-order valence-corrected chi connectivity index (χ2v) is 6.31. The van der Waals surface area contributed by atoms with E-state index in [1.165, 1.54) is 19.1 Å². The van der Waals surface area contributed by atoms with Crippen LogP contribution in [0.2, 0.25) is 0 Å². The van der Waals surface area contributed by atoms with Crippen LogP contribution in [0.4, 0.5) is 0 Å². The molecule has 1 atom stereocenters. The van der Waals surface area contributed by atoms with Gasteiger partial charge in [0, 0.05) is 7.11 Å². The summed E-state index contributed by atoms with van der Waals surface area (Å²) in [5.41, 5.74) is 0.249. The zero-order valence-corrected chi connectivity index (χ0v) is 10.6. The molecule has 0 saturated heterocycles.